The maximum Gasteiger partial charge on any atom is 0.186 e. The van der Waals surface area contributed by atoms with Gasteiger partial charge in [-0.1, -0.05) is 18.3 Å². The second-order valence-electron chi connectivity index (χ2n) is 5.31. The van der Waals surface area contributed by atoms with Gasteiger partial charge >= 0.3 is 0 Å². The summed E-state index contributed by atoms with van der Waals surface area (Å²) in [6, 6.07) is 0. The van der Waals surface area contributed by atoms with Gasteiger partial charge in [0, 0.05) is 19.0 Å². The number of piperidine rings is 1. The lowest BCUT2D eigenvalue weighted by atomic mass is 10.00. The van der Waals surface area contributed by atoms with Gasteiger partial charge in [-0.2, -0.15) is 0 Å². The van der Waals surface area contributed by atoms with E-state index in [1.165, 1.54) is 25.7 Å². The van der Waals surface area contributed by atoms with Crippen LogP contribution in [0.4, 0.5) is 5.13 Å². The van der Waals surface area contributed by atoms with E-state index in [0.717, 1.165) is 41.0 Å². The largest absolute Gasteiger partial charge is 0.348 e. The first-order valence-electron chi connectivity index (χ1n) is 6.48. The molecule has 0 unspecified atom stereocenters. The molecule has 0 amide bonds. The molecule has 4 heteroatoms. The molecule has 2 fully saturated rings. The summed E-state index contributed by atoms with van der Waals surface area (Å²) in [7, 11) is 0. The Labute approximate surface area is 106 Å². The summed E-state index contributed by atoms with van der Waals surface area (Å²) in [5, 5.41) is 1.07. The van der Waals surface area contributed by atoms with Gasteiger partial charge in [0.25, 0.3) is 0 Å². The normalized spacial score (nSPS) is 21.8. The SMILES string of the molecule is CC1CCN(c2nc(C3CC3)c(C=O)s2)CC1. The summed E-state index contributed by atoms with van der Waals surface area (Å²) in [5.74, 6) is 1.41. The van der Waals surface area contributed by atoms with Crippen molar-refractivity contribution in [1.82, 2.24) is 4.98 Å². The lowest BCUT2D eigenvalue weighted by Gasteiger charge is -2.29. The van der Waals surface area contributed by atoms with Crippen molar-refractivity contribution < 1.29 is 4.79 Å². The van der Waals surface area contributed by atoms with Crippen molar-refractivity contribution >= 4 is 22.8 Å². The molecule has 2 heterocycles. The second-order valence-corrected chi connectivity index (χ2v) is 6.32. The summed E-state index contributed by atoms with van der Waals surface area (Å²) >= 11 is 1.58. The molecule has 0 spiro atoms. The third kappa shape index (κ3) is 2.23. The lowest BCUT2D eigenvalue weighted by Crippen LogP contribution is -2.32. The minimum atomic E-state index is 0.573. The van der Waals surface area contributed by atoms with Crippen LogP contribution in [0.25, 0.3) is 0 Å². The van der Waals surface area contributed by atoms with Gasteiger partial charge in [0.1, 0.15) is 0 Å². The number of carbonyl (C=O) groups is 1. The van der Waals surface area contributed by atoms with Gasteiger partial charge in [0.2, 0.25) is 0 Å². The monoisotopic (exact) mass is 250 g/mol. The number of rotatable bonds is 3. The van der Waals surface area contributed by atoms with Crippen molar-refractivity contribution in [3.05, 3.63) is 10.6 Å². The van der Waals surface area contributed by atoms with Crippen LogP contribution in [-0.4, -0.2) is 24.4 Å². The number of nitrogens with zero attached hydrogens (tertiary/aromatic N) is 2. The zero-order valence-corrected chi connectivity index (χ0v) is 11.0. The van der Waals surface area contributed by atoms with E-state index < -0.39 is 0 Å². The average Bonchev–Trinajstić information content (AvgIpc) is 3.10. The molecule has 3 rings (SSSR count). The first-order valence-corrected chi connectivity index (χ1v) is 7.30. The summed E-state index contributed by atoms with van der Waals surface area (Å²) in [4.78, 5) is 19.0. The summed E-state index contributed by atoms with van der Waals surface area (Å²) in [6.07, 6.45) is 5.90. The fourth-order valence-corrected chi connectivity index (χ4v) is 3.42. The van der Waals surface area contributed by atoms with Gasteiger partial charge in [-0.25, -0.2) is 4.98 Å². The molecule has 1 aromatic rings. The number of aromatic nitrogens is 1. The number of carbonyl (C=O) groups excluding carboxylic acids is 1. The molecule has 1 aromatic heterocycles. The molecule has 0 radical (unpaired) electrons. The van der Waals surface area contributed by atoms with Crippen molar-refractivity contribution in [2.75, 3.05) is 18.0 Å². The topological polar surface area (TPSA) is 33.2 Å². The van der Waals surface area contributed by atoms with Crippen molar-refractivity contribution in [3.63, 3.8) is 0 Å². The van der Waals surface area contributed by atoms with Crippen molar-refractivity contribution in [2.45, 2.75) is 38.5 Å². The predicted molar refractivity (Wildman–Crippen MR) is 70.1 cm³/mol. The van der Waals surface area contributed by atoms with E-state index in [-0.39, 0.29) is 0 Å². The number of hydrogen-bond acceptors (Lipinski definition) is 4. The minimum absolute atomic E-state index is 0.573. The van der Waals surface area contributed by atoms with Crippen LogP contribution in [0.3, 0.4) is 0 Å². The van der Waals surface area contributed by atoms with E-state index in [0.29, 0.717) is 5.92 Å². The predicted octanol–water partition coefficient (Wildman–Crippen LogP) is 3.07. The first kappa shape index (κ1) is 11.2. The highest BCUT2D eigenvalue weighted by molar-refractivity contribution is 7.17. The molecule has 0 bridgehead atoms. The van der Waals surface area contributed by atoms with E-state index in [1.807, 2.05) is 0 Å². The highest BCUT2D eigenvalue weighted by Crippen LogP contribution is 2.43. The van der Waals surface area contributed by atoms with Crippen LogP contribution >= 0.6 is 11.3 Å². The average molecular weight is 250 g/mol. The third-order valence-electron chi connectivity index (χ3n) is 3.80. The van der Waals surface area contributed by atoms with E-state index in [9.17, 15) is 4.79 Å². The Morgan fingerprint density at radius 2 is 2.00 bits per heavy atom. The zero-order chi connectivity index (χ0) is 11.8. The van der Waals surface area contributed by atoms with Gasteiger partial charge in [0.05, 0.1) is 10.6 Å². The molecule has 1 aliphatic heterocycles. The molecule has 0 atom stereocenters. The third-order valence-corrected chi connectivity index (χ3v) is 4.85. The molecular weight excluding hydrogens is 232 g/mol. The Balaban J connectivity index is 1.80. The summed E-state index contributed by atoms with van der Waals surface area (Å²) in [6.45, 7) is 4.50. The van der Waals surface area contributed by atoms with Crippen LogP contribution in [0.5, 0.6) is 0 Å². The molecule has 2 aliphatic rings. The molecule has 1 aliphatic carbocycles. The van der Waals surface area contributed by atoms with Gasteiger partial charge in [0.15, 0.2) is 11.4 Å². The molecule has 0 aromatic carbocycles. The Bertz CT molecular complexity index is 417. The fraction of sp³-hybridized carbons (Fsp3) is 0.692. The first-order chi connectivity index (χ1) is 8.28. The van der Waals surface area contributed by atoms with Crippen LogP contribution in [0, 0.1) is 5.92 Å². The van der Waals surface area contributed by atoms with Gasteiger partial charge < -0.3 is 4.90 Å². The molecular formula is C13H18N2OS. The molecule has 17 heavy (non-hydrogen) atoms. The highest BCUT2D eigenvalue weighted by atomic mass is 32.1. The van der Waals surface area contributed by atoms with Crippen molar-refractivity contribution in [1.29, 1.82) is 0 Å². The Kier molecular flexibility index (Phi) is 2.90. The Morgan fingerprint density at radius 3 is 2.59 bits per heavy atom. The number of thiazole rings is 1. The number of anilines is 1. The standard InChI is InChI=1S/C13H18N2OS/c1-9-4-6-15(7-5-9)13-14-12(10-2-3-10)11(8-16)17-13/h8-10H,2-7H2,1H3. The van der Waals surface area contributed by atoms with E-state index in [2.05, 4.69) is 11.8 Å². The van der Waals surface area contributed by atoms with Crippen LogP contribution in [0.2, 0.25) is 0 Å². The summed E-state index contributed by atoms with van der Waals surface area (Å²) in [5.41, 5.74) is 1.07. The molecule has 1 saturated heterocycles. The van der Waals surface area contributed by atoms with Crippen LogP contribution in [0.15, 0.2) is 0 Å². The number of aldehydes is 1. The Hall–Kier alpha value is -0.900. The van der Waals surface area contributed by atoms with Gasteiger partial charge in [-0.3, -0.25) is 4.79 Å². The van der Waals surface area contributed by atoms with Crippen molar-refractivity contribution in [2.24, 2.45) is 5.92 Å². The molecule has 1 saturated carbocycles. The maximum atomic E-state index is 11.1. The van der Waals surface area contributed by atoms with Gasteiger partial charge in [-0.15, -0.1) is 0 Å². The fourth-order valence-electron chi connectivity index (χ4n) is 2.40. The van der Waals surface area contributed by atoms with Crippen LogP contribution in [0.1, 0.15) is 53.9 Å². The second kappa shape index (κ2) is 4.41. The van der Waals surface area contributed by atoms with Crippen LogP contribution < -0.4 is 4.90 Å². The van der Waals surface area contributed by atoms with Crippen molar-refractivity contribution in [3.8, 4) is 0 Å². The number of hydrogen-bond donors (Lipinski definition) is 0. The van der Waals surface area contributed by atoms with E-state index in [4.69, 9.17) is 4.98 Å². The van der Waals surface area contributed by atoms with E-state index >= 15 is 0 Å². The summed E-state index contributed by atoms with van der Waals surface area (Å²) < 4.78 is 0. The molecule has 0 N–H and O–H groups in total. The smallest absolute Gasteiger partial charge is 0.186 e. The Morgan fingerprint density at radius 1 is 1.29 bits per heavy atom. The zero-order valence-electron chi connectivity index (χ0n) is 10.2. The molecule has 92 valence electrons. The highest BCUT2D eigenvalue weighted by Gasteiger charge is 2.30. The maximum absolute atomic E-state index is 11.1. The minimum Gasteiger partial charge on any atom is -0.348 e. The van der Waals surface area contributed by atoms with Gasteiger partial charge in [-0.05, 0) is 31.6 Å². The van der Waals surface area contributed by atoms with Crippen LogP contribution in [-0.2, 0) is 0 Å². The van der Waals surface area contributed by atoms with E-state index in [1.54, 1.807) is 11.3 Å². The molecule has 3 nitrogen and oxygen atoms in total. The lowest BCUT2D eigenvalue weighted by molar-refractivity contribution is 0.112. The quantitative estimate of drug-likeness (QED) is 0.773.